The highest BCUT2D eigenvalue weighted by molar-refractivity contribution is 6.32. The zero-order valence-electron chi connectivity index (χ0n) is 13.5. The zero-order chi connectivity index (χ0) is 18.6. The van der Waals surface area contributed by atoms with E-state index < -0.39 is 28.6 Å². The Morgan fingerprint density at radius 2 is 1.92 bits per heavy atom. The van der Waals surface area contributed by atoms with Gasteiger partial charge in [0.05, 0.1) is 10.5 Å². The van der Waals surface area contributed by atoms with Gasteiger partial charge in [-0.25, -0.2) is 4.79 Å². The van der Waals surface area contributed by atoms with Gasteiger partial charge in [-0.05, 0) is 37.6 Å². The first-order valence-electron chi connectivity index (χ1n) is 7.31. The van der Waals surface area contributed by atoms with Crippen LogP contribution in [0.3, 0.4) is 0 Å². The monoisotopic (exact) mass is 362 g/mol. The Hall–Kier alpha value is -2.93. The van der Waals surface area contributed by atoms with Gasteiger partial charge in [0.15, 0.2) is 6.10 Å². The number of aryl methyl sites for hydroxylation is 1. The van der Waals surface area contributed by atoms with E-state index in [2.05, 4.69) is 5.32 Å². The predicted molar refractivity (Wildman–Crippen MR) is 92.8 cm³/mol. The summed E-state index contributed by atoms with van der Waals surface area (Å²) in [6, 6.07) is 10.7. The lowest BCUT2D eigenvalue weighted by atomic mass is 10.2. The molecule has 2 aromatic rings. The number of hydrogen-bond donors (Lipinski definition) is 1. The Morgan fingerprint density at radius 1 is 1.24 bits per heavy atom. The quantitative estimate of drug-likeness (QED) is 0.496. The van der Waals surface area contributed by atoms with Crippen LogP contribution in [0.25, 0.3) is 0 Å². The highest BCUT2D eigenvalue weighted by Gasteiger charge is 2.22. The third-order valence-electron chi connectivity index (χ3n) is 3.43. The van der Waals surface area contributed by atoms with Crippen molar-refractivity contribution >= 4 is 34.9 Å². The number of esters is 1. The number of carbonyl (C=O) groups is 2. The minimum Gasteiger partial charge on any atom is -0.449 e. The van der Waals surface area contributed by atoms with Crippen molar-refractivity contribution < 1.29 is 19.2 Å². The van der Waals surface area contributed by atoms with E-state index in [-0.39, 0.29) is 10.6 Å². The summed E-state index contributed by atoms with van der Waals surface area (Å²) in [5, 5.41) is 13.4. The highest BCUT2D eigenvalue weighted by Crippen LogP contribution is 2.25. The first-order valence-corrected chi connectivity index (χ1v) is 7.69. The maximum atomic E-state index is 12.1. The SMILES string of the molecule is Cc1ccccc1NC(=O)[C@H](C)OC(=O)c1ccc(Cl)c([N+](=O)[O-])c1. The van der Waals surface area contributed by atoms with Crippen LogP contribution in [0.4, 0.5) is 11.4 Å². The predicted octanol–water partition coefficient (Wildman–Crippen LogP) is 3.74. The summed E-state index contributed by atoms with van der Waals surface area (Å²) in [5.74, 6) is -1.36. The van der Waals surface area contributed by atoms with E-state index in [1.807, 2.05) is 19.1 Å². The fourth-order valence-electron chi connectivity index (χ4n) is 2.01. The van der Waals surface area contributed by atoms with Crippen LogP contribution in [-0.4, -0.2) is 22.9 Å². The van der Waals surface area contributed by atoms with E-state index in [1.165, 1.54) is 19.1 Å². The number of amides is 1. The summed E-state index contributed by atoms with van der Waals surface area (Å²) >= 11 is 5.70. The van der Waals surface area contributed by atoms with Gasteiger partial charge >= 0.3 is 5.97 Å². The number of hydrogen-bond acceptors (Lipinski definition) is 5. The molecule has 130 valence electrons. The normalized spacial score (nSPS) is 11.5. The molecule has 0 aromatic heterocycles. The molecule has 0 saturated heterocycles. The van der Waals surface area contributed by atoms with Crippen molar-refractivity contribution in [3.8, 4) is 0 Å². The number of halogens is 1. The molecular formula is C17H15ClN2O5. The average molecular weight is 363 g/mol. The van der Waals surface area contributed by atoms with Crippen molar-refractivity contribution in [1.82, 2.24) is 0 Å². The third-order valence-corrected chi connectivity index (χ3v) is 3.75. The number of rotatable bonds is 5. The molecule has 0 aliphatic heterocycles. The number of carbonyl (C=O) groups excluding carboxylic acids is 2. The molecule has 0 saturated carbocycles. The molecule has 0 bridgehead atoms. The van der Waals surface area contributed by atoms with Crippen molar-refractivity contribution in [2.75, 3.05) is 5.32 Å². The van der Waals surface area contributed by atoms with Crippen LogP contribution in [0.2, 0.25) is 5.02 Å². The Balaban J connectivity index is 2.07. The maximum absolute atomic E-state index is 12.1. The molecule has 1 N–H and O–H groups in total. The number of nitrogens with one attached hydrogen (secondary N) is 1. The number of anilines is 1. The number of para-hydroxylation sites is 1. The number of nitro benzene ring substituents is 1. The van der Waals surface area contributed by atoms with Crippen LogP contribution in [0.1, 0.15) is 22.8 Å². The summed E-state index contributed by atoms with van der Waals surface area (Å²) in [6.45, 7) is 3.25. The van der Waals surface area contributed by atoms with Crippen molar-refractivity contribution in [2.45, 2.75) is 20.0 Å². The van der Waals surface area contributed by atoms with Crippen molar-refractivity contribution in [3.63, 3.8) is 0 Å². The molecule has 8 heteroatoms. The third kappa shape index (κ3) is 4.54. The number of nitro groups is 1. The first kappa shape index (κ1) is 18.4. The summed E-state index contributed by atoms with van der Waals surface area (Å²) in [7, 11) is 0. The number of ether oxygens (including phenoxy) is 1. The second-order valence-electron chi connectivity index (χ2n) is 5.28. The van der Waals surface area contributed by atoms with Gasteiger partial charge in [-0.15, -0.1) is 0 Å². The Labute approximate surface area is 148 Å². The molecule has 1 atom stereocenters. The van der Waals surface area contributed by atoms with Crippen LogP contribution in [0.5, 0.6) is 0 Å². The second kappa shape index (κ2) is 7.76. The van der Waals surface area contributed by atoms with Crippen molar-refractivity contribution in [1.29, 1.82) is 0 Å². The maximum Gasteiger partial charge on any atom is 0.339 e. The summed E-state index contributed by atoms with van der Waals surface area (Å²) in [5.41, 5.74) is 1.00. The number of nitrogens with zero attached hydrogens (tertiary/aromatic N) is 1. The summed E-state index contributed by atoms with van der Waals surface area (Å²) in [6.07, 6.45) is -1.08. The van der Waals surface area contributed by atoms with Crippen LogP contribution >= 0.6 is 11.6 Å². The molecule has 25 heavy (non-hydrogen) atoms. The van der Waals surface area contributed by atoms with E-state index in [1.54, 1.807) is 12.1 Å². The van der Waals surface area contributed by atoms with Gasteiger partial charge in [0.1, 0.15) is 5.02 Å². The van der Waals surface area contributed by atoms with Crippen molar-refractivity contribution in [2.24, 2.45) is 0 Å². The van der Waals surface area contributed by atoms with Crippen LogP contribution in [0, 0.1) is 17.0 Å². The second-order valence-corrected chi connectivity index (χ2v) is 5.68. The lowest BCUT2D eigenvalue weighted by Crippen LogP contribution is -2.30. The summed E-state index contributed by atoms with van der Waals surface area (Å²) < 4.78 is 5.07. The lowest BCUT2D eigenvalue weighted by Gasteiger charge is -2.14. The van der Waals surface area contributed by atoms with Crippen molar-refractivity contribution in [3.05, 3.63) is 68.7 Å². The molecule has 0 radical (unpaired) electrons. The lowest BCUT2D eigenvalue weighted by molar-refractivity contribution is -0.384. The van der Waals surface area contributed by atoms with Crippen LogP contribution in [-0.2, 0) is 9.53 Å². The standard InChI is InChI=1S/C17H15ClN2O5/c1-10-5-3-4-6-14(10)19-16(21)11(2)25-17(22)12-7-8-13(18)15(9-12)20(23)24/h3-9,11H,1-2H3,(H,19,21)/t11-/m0/s1. The molecule has 0 spiro atoms. The topological polar surface area (TPSA) is 98.5 Å². The molecule has 0 fully saturated rings. The first-order chi connectivity index (χ1) is 11.8. The smallest absolute Gasteiger partial charge is 0.339 e. The Morgan fingerprint density at radius 3 is 2.56 bits per heavy atom. The minimum atomic E-state index is -1.08. The largest absolute Gasteiger partial charge is 0.449 e. The van der Waals surface area contributed by atoms with Crippen LogP contribution in [0.15, 0.2) is 42.5 Å². The van der Waals surface area contributed by atoms with Gasteiger partial charge in [0.2, 0.25) is 0 Å². The molecule has 0 heterocycles. The van der Waals surface area contributed by atoms with Gasteiger partial charge < -0.3 is 10.1 Å². The summed E-state index contributed by atoms with van der Waals surface area (Å²) in [4.78, 5) is 34.4. The van der Waals surface area contributed by atoms with Gasteiger partial charge in [-0.1, -0.05) is 29.8 Å². The number of benzene rings is 2. The fraction of sp³-hybridized carbons (Fsp3) is 0.176. The fourth-order valence-corrected chi connectivity index (χ4v) is 2.20. The van der Waals surface area contributed by atoms with E-state index in [4.69, 9.17) is 16.3 Å². The molecule has 2 rings (SSSR count). The molecule has 1 amide bonds. The van der Waals surface area contributed by atoms with E-state index >= 15 is 0 Å². The minimum absolute atomic E-state index is 0.0633. The zero-order valence-corrected chi connectivity index (χ0v) is 14.2. The highest BCUT2D eigenvalue weighted by atomic mass is 35.5. The van der Waals surface area contributed by atoms with E-state index in [0.717, 1.165) is 11.6 Å². The molecule has 0 aliphatic rings. The molecule has 0 unspecified atom stereocenters. The van der Waals surface area contributed by atoms with Gasteiger partial charge in [0, 0.05) is 11.8 Å². The van der Waals surface area contributed by atoms with Crippen LogP contribution < -0.4 is 5.32 Å². The van der Waals surface area contributed by atoms with E-state index in [9.17, 15) is 19.7 Å². The average Bonchev–Trinajstić information content (AvgIpc) is 2.56. The molecule has 7 nitrogen and oxygen atoms in total. The molecule has 2 aromatic carbocycles. The van der Waals surface area contributed by atoms with Gasteiger partial charge in [-0.2, -0.15) is 0 Å². The molecule has 0 aliphatic carbocycles. The Bertz CT molecular complexity index is 838. The van der Waals surface area contributed by atoms with E-state index in [0.29, 0.717) is 5.69 Å². The molecular weight excluding hydrogens is 348 g/mol. The van der Waals surface area contributed by atoms with Gasteiger partial charge in [0.25, 0.3) is 11.6 Å². The van der Waals surface area contributed by atoms with Gasteiger partial charge in [-0.3, -0.25) is 14.9 Å². The Kier molecular flexibility index (Phi) is 5.71.